The fourth-order valence-corrected chi connectivity index (χ4v) is 3.60. The minimum absolute atomic E-state index is 0.623. The largest absolute Gasteiger partial charge is 0.317 e. The number of likely N-dealkylation sites (tertiary alicyclic amines) is 1. The van der Waals surface area contributed by atoms with E-state index in [9.17, 15) is 0 Å². The first kappa shape index (κ1) is 12.2. The summed E-state index contributed by atoms with van der Waals surface area (Å²) >= 11 is 0. The Morgan fingerprint density at radius 1 is 1.06 bits per heavy atom. The molecule has 0 radical (unpaired) electrons. The minimum atomic E-state index is 0.623. The zero-order valence-corrected chi connectivity index (χ0v) is 11.2. The van der Waals surface area contributed by atoms with Crippen LogP contribution < -0.4 is 5.32 Å². The summed E-state index contributed by atoms with van der Waals surface area (Å²) in [6.45, 7) is 6.17. The molecule has 0 bridgehead atoms. The Hall–Kier alpha value is -0.860. The summed E-state index contributed by atoms with van der Waals surface area (Å²) < 4.78 is 0. The summed E-state index contributed by atoms with van der Waals surface area (Å²) in [5, 5.41) is 3.54. The van der Waals surface area contributed by atoms with Crippen molar-refractivity contribution < 1.29 is 0 Å². The average Bonchev–Trinajstić information content (AvgIpc) is 2.64. The molecule has 1 aromatic rings. The van der Waals surface area contributed by atoms with Crippen molar-refractivity contribution >= 4 is 0 Å². The van der Waals surface area contributed by atoms with E-state index < -0.39 is 0 Å². The molecule has 0 unspecified atom stereocenters. The lowest BCUT2D eigenvalue weighted by atomic mass is 9.80. The molecule has 1 aromatic carbocycles. The van der Waals surface area contributed by atoms with Gasteiger partial charge in [0, 0.05) is 13.1 Å². The van der Waals surface area contributed by atoms with Gasteiger partial charge in [0.2, 0.25) is 0 Å². The van der Waals surface area contributed by atoms with Crippen LogP contribution >= 0.6 is 0 Å². The smallest absolute Gasteiger partial charge is 0.0233 e. The number of hydrogen-bond donors (Lipinski definition) is 1. The fraction of sp³-hybridized carbons (Fsp3) is 0.625. The van der Waals surface area contributed by atoms with E-state index in [4.69, 9.17) is 0 Å². The van der Waals surface area contributed by atoms with Crippen LogP contribution in [0.5, 0.6) is 0 Å². The van der Waals surface area contributed by atoms with Gasteiger partial charge in [-0.1, -0.05) is 30.3 Å². The third kappa shape index (κ3) is 2.76. The van der Waals surface area contributed by atoms with Gasteiger partial charge in [0.15, 0.2) is 0 Å². The highest BCUT2D eigenvalue weighted by Gasteiger charge is 2.37. The van der Waals surface area contributed by atoms with Gasteiger partial charge in [-0.25, -0.2) is 0 Å². The van der Waals surface area contributed by atoms with Gasteiger partial charge in [-0.3, -0.25) is 4.90 Å². The zero-order chi connectivity index (χ0) is 12.3. The van der Waals surface area contributed by atoms with E-state index in [1.165, 1.54) is 57.4 Å². The SMILES string of the molecule is c1ccc(CN2CC[C@]3(CCCNCC3)C2)cc1. The first-order valence-electron chi connectivity index (χ1n) is 7.33. The molecule has 2 aliphatic heterocycles. The summed E-state index contributed by atoms with van der Waals surface area (Å²) in [6, 6.07) is 10.9. The molecule has 1 spiro atoms. The lowest BCUT2D eigenvalue weighted by Crippen LogP contribution is -2.28. The minimum Gasteiger partial charge on any atom is -0.317 e. The van der Waals surface area contributed by atoms with Crippen molar-refractivity contribution in [2.45, 2.75) is 32.2 Å². The summed E-state index contributed by atoms with van der Waals surface area (Å²) in [5.74, 6) is 0. The fourth-order valence-electron chi connectivity index (χ4n) is 3.60. The van der Waals surface area contributed by atoms with Crippen molar-refractivity contribution in [3.05, 3.63) is 35.9 Å². The summed E-state index contributed by atoms with van der Waals surface area (Å²) in [7, 11) is 0. The van der Waals surface area contributed by atoms with Crippen LogP contribution in [-0.4, -0.2) is 31.1 Å². The van der Waals surface area contributed by atoms with Gasteiger partial charge in [-0.2, -0.15) is 0 Å². The maximum absolute atomic E-state index is 3.54. The topological polar surface area (TPSA) is 15.3 Å². The van der Waals surface area contributed by atoms with E-state index in [2.05, 4.69) is 40.5 Å². The van der Waals surface area contributed by atoms with Crippen LogP contribution in [-0.2, 0) is 6.54 Å². The Labute approximate surface area is 110 Å². The van der Waals surface area contributed by atoms with E-state index in [1.807, 2.05) is 0 Å². The normalized spacial score (nSPS) is 29.6. The van der Waals surface area contributed by atoms with Crippen LogP contribution in [0.4, 0.5) is 0 Å². The molecular weight excluding hydrogens is 220 g/mol. The molecule has 0 aliphatic carbocycles. The van der Waals surface area contributed by atoms with Crippen LogP contribution in [0.2, 0.25) is 0 Å². The van der Waals surface area contributed by atoms with E-state index in [0.29, 0.717) is 5.41 Å². The van der Waals surface area contributed by atoms with Crippen molar-refractivity contribution in [3.8, 4) is 0 Å². The van der Waals surface area contributed by atoms with Gasteiger partial charge in [0.1, 0.15) is 0 Å². The second-order valence-electron chi connectivity index (χ2n) is 6.05. The molecule has 2 nitrogen and oxygen atoms in total. The third-order valence-electron chi connectivity index (χ3n) is 4.66. The van der Waals surface area contributed by atoms with Crippen molar-refractivity contribution in [3.63, 3.8) is 0 Å². The number of benzene rings is 1. The van der Waals surface area contributed by atoms with Gasteiger partial charge in [-0.05, 0) is 56.3 Å². The van der Waals surface area contributed by atoms with Crippen molar-refractivity contribution in [1.82, 2.24) is 10.2 Å². The molecule has 3 rings (SSSR count). The molecule has 2 heterocycles. The van der Waals surface area contributed by atoms with Crippen LogP contribution in [0, 0.1) is 5.41 Å². The third-order valence-corrected chi connectivity index (χ3v) is 4.66. The molecule has 1 atom stereocenters. The van der Waals surface area contributed by atoms with Gasteiger partial charge in [0.25, 0.3) is 0 Å². The van der Waals surface area contributed by atoms with E-state index in [0.717, 1.165) is 6.54 Å². The van der Waals surface area contributed by atoms with Crippen LogP contribution in [0.3, 0.4) is 0 Å². The molecule has 2 saturated heterocycles. The van der Waals surface area contributed by atoms with Gasteiger partial charge < -0.3 is 5.32 Å². The Bertz CT molecular complexity index is 366. The average molecular weight is 244 g/mol. The second kappa shape index (κ2) is 5.41. The van der Waals surface area contributed by atoms with Gasteiger partial charge in [-0.15, -0.1) is 0 Å². The molecule has 98 valence electrons. The number of hydrogen-bond acceptors (Lipinski definition) is 2. The van der Waals surface area contributed by atoms with E-state index in [1.54, 1.807) is 0 Å². The number of nitrogens with one attached hydrogen (secondary N) is 1. The number of rotatable bonds is 2. The van der Waals surface area contributed by atoms with E-state index in [-0.39, 0.29) is 0 Å². The van der Waals surface area contributed by atoms with Gasteiger partial charge in [0.05, 0.1) is 0 Å². The molecule has 2 heteroatoms. The van der Waals surface area contributed by atoms with Crippen LogP contribution in [0.25, 0.3) is 0 Å². The Kier molecular flexibility index (Phi) is 3.67. The molecule has 0 amide bonds. The Morgan fingerprint density at radius 2 is 1.94 bits per heavy atom. The summed E-state index contributed by atoms with van der Waals surface area (Å²) in [6.07, 6.45) is 5.56. The van der Waals surface area contributed by atoms with Gasteiger partial charge >= 0.3 is 0 Å². The first-order valence-corrected chi connectivity index (χ1v) is 7.33. The number of nitrogens with zero attached hydrogens (tertiary/aromatic N) is 1. The first-order chi connectivity index (χ1) is 8.86. The predicted octanol–water partition coefficient (Wildman–Crippen LogP) is 2.65. The predicted molar refractivity (Wildman–Crippen MR) is 75.5 cm³/mol. The van der Waals surface area contributed by atoms with Crippen molar-refractivity contribution in [2.24, 2.45) is 5.41 Å². The Balaban J connectivity index is 1.60. The highest BCUT2D eigenvalue weighted by Crippen LogP contribution is 2.39. The molecule has 0 aromatic heterocycles. The standard InChI is InChI=1S/C16H24N2/c1-2-5-15(6-3-1)13-18-12-9-16(14-18)7-4-10-17-11-8-16/h1-3,5-6,17H,4,7-14H2/t16-/m1/s1. The van der Waals surface area contributed by atoms with Crippen molar-refractivity contribution in [2.75, 3.05) is 26.2 Å². The van der Waals surface area contributed by atoms with Crippen LogP contribution in [0.1, 0.15) is 31.2 Å². The molecular formula is C16H24N2. The van der Waals surface area contributed by atoms with E-state index >= 15 is 0 Å². The lowest BCUT2D eigenvalue weighted by Gasteiger charge is -2.27. The van der Waals surface area contributed by atoms with Crippen molar-refractivity contribution in [1.29, 1.82) is 0 Å². The lowest BCUT2D eigenvalue weighted by molar-refractivity contribution is 0.229. The monoisotopic (exact) mass is 244 g/mol. The highest BCUT2D eigenvalue weighted by atomic mass is 15.2. The van der Waals surface area contributed by atoms with Crippen LogP contribution in [0.15, 0.2) is 30.3 Å². The summed E-state index contributed by atoms with van der Waals surface area (Å²) in [5.41, 5.74) is 2.08. The maximum atomic E-state index is 3.54. The second-order valence-corrected chi connectivity index (χ2v) is 6.05. The highest BCUT2D eigenvalue weighted by molar-refractivity contribution is 5.14. The molecule has 2 fully saturated rings. The molecule has 2 aliphatic rings. The quantitative estimate of drug-likeness (QED) is 0.860. The summed E-state index contributed by atoms with van der Waals surface area (Å²) in [4.78, 5) is 2.65. The maximum Gasteiger partial charge on any atom is 0.0233 e. The molecule has 18 heavy (non-hydrogen) atoms. The molecule has 1 N–H and O–H groups in total. The Morgan fingerprint density at radius 3 is 2.83 bits per heavy atom. The zero-order valence-electron chi connectivity index (χ0n) is 11.2. The molecule has 0 saturated carbocycles.